The minimum absolute atomic E-state index is 0.00654. The van der Waals surface area contributed by atoms with Gasteiger partial charge < -0.3 is 10.6 Å². The van der Waals surface area contributed by atoms with Crippen LogP contribution in [0.2, 0.25) is 0 Å². The monoisotopic (exact) mass is 336 g/mol. The van der Waals surface area contributed by atoms with Crippen molar-refractivity contribution in [2.45, 2.75) is 6.92 Å². The van der Waals surface area contributed by atoms with Crippen molar-refractivity contribution in [2.24, 2.45) is 0 Å². The SMILES string of the molecule is Cc1ccc(NC(=O)CNc2c(F)cccc2Br)cc1. The molecule has 20 heavy (non-hydrogen) atoms. The van der Waals surface area contributed by atoms with Gasteiger partial charge >= 0.3 is 0 Å². The highest BCUT2D eigenvalue weighted by atomic mass is 79.9. The zero-order chi connectivity index (χ0) is 14.5. The number of carbonyl (C=O) groups is 1. The van der Waals surface area contributed by atoms with Gasteiger partial charge in [0.1, 0.15) is 5.82 Å². The molecule has 1 amide bonds. The molecule has 2 N–H and O–H groups in total. The van der Waals surface area contributed by atoms with Crippen LogP contribution in [-0.2, 0) is 4.79 Å². The number of amides is 1. The molecule has 2 aromatic carbocycles. The molecule has 2 aromatic rings. The van der Waals surface area contributed by atoms with Crippen LogP contribution in [0, 0.1) is 12.7 Å². The Hall–Kier alpha value is -1.88. The van der Waals surface area contributed by atoms with Crippen molar-refractivity contribution in [2.75, 3.05) is 17.2 Å². The van der Waals surface area contributed by atoms with E-state index >= 15 is 0 Å². The summed E-state index contributed by atoms with van der Waals surface area (Å²) in [6, 6.07) is 12.1. The smallest absolute Gasteiger partial charge is 0.243 e. The van der Waals surface area contributed by atoms with E-state index in [-0.39, 0.29) is 18.1 Å². The highest BCUT2D eigenvalue weighted by molar-refractivity contribution is 9.10. The highest BCUT2D eigenvalue weighted by Gasteiger charge is 2.08. The molecule has 0 aliphatic rings. The molecule has 0 unspecified atom stereocenters. The van der Waals surface area contributed by atoms with Gasteiger partial charge in [0.25, 0.3) is 0 Å². The standard InChI is InChI=1S/C15H14BrFN2O/c1-10-5-7-11(8-6-10)19-14(20)9-18-15-12(16)3-2-4-13(15)17/h2-8,18H,9H2,1H3,(H,19,20). The van der Waals surface area contributed by atoms with Crippen molar-refractivity contribution < 1.29 is 9.18 Å². The van der Waals surface area contributed by atoms with Crippen LogP contribution in [0.15, 0.2) is 46.9 Å². The third-order valence-corrected chi connectivity index (χ3v) is 3.38. The van der Waals surface area contributed by atoms with Gasteiger partial charge in [0, 0.05) is 10.2 Å². The van der Waals surface area contributed by atoms with Crippen LogP contribution in [0.1, 0.15) is 5.56 Å². The van der Waals surface area contributed by atoms with Crippen molar-refractivity contribution in [3.8, 4) is 0 Å². The van der Waals surface area contributed by atoms with Gasteiger partial charge in [-0.05, 0) is 47.1 Å². The van der Waals surface area contributed by atoms with E-state index in [0.29, 0.717) is 4.47 Å². The lowest BCUT2D eigenvalue weighted by Gasteiger charge is -2.10. The first-order chi connectivity index (χ1) is 9.56. The number of hydrogen-bond acceptors (Lipinski definition) is 2. The Morgan fingerprint density at radius 2 is 1.90 bits per heavy atom. The zero-order valence-electron chi connectivity index (χ0n) is 10.9. The normalized spacial score (nSPS) is 10.2. The first-order valence-corrected chi connectivity index (χ1v) is 6.90. The summed E-state index contributed by atoms with van der Waals surface area (Å²) >= 11 is 3.24. The molecular weight excluding hydrogens is 323 g/mol. The third kappa shape index (κ3) is 3.81. The fourth-order valence-corrected chi connectivity index (χ4v) is 2.16. The molecule has 0 heterocycles. The molecule has 0 saturated carbocycles. The maximum atomic E-state index is 13.5. The van der Waals surface area contributed by atoms with Crippen LogP contribution in [0.25, 0.3) is 0 Å². The lowest BCUT2D eigenvalue weighted by Crippen LogP contribution is -2.22. The number of aryl methyl sites for hydroxylation is 1. The van der Waals surface area contributed by atoms with Crippen LogP contribution in [0.4, 0.5) is 15.8 Å². The van der Waals surface area contributed by atoms with Crippen LogP contribution in [-0.4, -0.2) is 12.5 Å². The molecule has 0 atom stereocenters. The predicted octanol–water partition coefficient (Wildman–Crippen LogP) is 3.95. The van der Waals surface area contributed by atoms with Crippen LogP contribution < -0.4 is 10.6 Å². The summed E-state index contributed by atoms with van der Waals surface area (Å²) in [6.45, 7) is 1.97. The molecule has 0 radical (unpaired) electrons. The zero-order valence-corrected chi connectivity index (χ0v) is 12.5. The number of anilines is 2. The average molecular weight is 337 g/mol. The second kappa shape index (κ2) is 6.52. The van der Waals surface area contributed by atoms with Crippen LogP contribution >= 0.6 is 15.9 Å². The van der Waals surface area contributed by atoms with E-state index < -0.39 is 5.82 Å². The van der Waals surface area contributed by atoms with Crippen molar-refractivity contribution in [3.63, 3.8) is 0 Å². The van der Waals surface area contributed by atoms with E-state index in [1.165, 1.54) is 6.07 Å². The van der Waals surface area contributed by atoms with Crippen molar-refractivity contribution in [1.82, 2.24) is 0 Å². The van der Waals surface area contributed by atoms with E-state index in [1.807, 2.05) is 31.2 Å². The molecule has 3 nitrogen and oxygen atoms in total. The van der Waals surface area contributed by atoms with Gasteiger partial charge in [-0.25, -0.2) is 4.39 Å². The second-order valence-corrected chi connectivity index (χ2v) is 5.22. The molecular formula is C15H14BrFN2O. The molecule has 104 valence electrons. The minimum Gasteiger partial charge on any atom is -0.373 e. The number of rotatable bonds is 4. The Morgan fingerprint density at radius 1 is 1.20 bits per heavy atom. The maximum Gasteiger partial charge on any atom is 0.243 e. The average Bonchev–Trinajstić information content (AvgIpc) is 2.41. The summed E-state index contributed by atoms with van der Waals surface area (Å²) in [5, 5.41) is 5.52. The summed E-state index contributed by atoms with van der Waals surface area (Å²) in [4.78, 5) is 11.8. The van der Waals surface area contributed by atoms with E-state index in [9.17, 15) is 9.18 Å². The molecule has 2 rings (SSSR count). The number of hydrogen-bond donors (Lipinski definition) is 2. The number of carbonyl (C=O) groups excluding carboxylic acids is 1. The van der Waals surface area contributed by atoms with Gasteiger partial charge in [0.05, 0.1) is 12.2 Å². The Bertz CT molecular complexity index is 594. The van der Waals surface area contributed by atoms with Gasteiger partial charge in [-0.2, -0.15) is 0 Å². The number of nitrogens with one attached hydrogen (secondary N) is 2. The van der Waals surface area contributed by atoms with Crippen molar-refractivity contribution in [1.29, 1.82) is 0 Å². The van der Waals surface area contributed by atoms with Crippen molar-refractivity contribution >= 4 is 33.2 Å². The Morgan fingerprint density at radius 3 is 2.55 bits per heavy atom. The molecule has 0 aliphatic carbocycles. The molecule has 0 spiro atoms. The molecule has 0 fully saturated rings. The topological polar surface area (TPSA) is 41.1 Å². The first kappa shape index (κ1) is 14.5. The summed E-state index contributed by atoms with van der Waals surface area (Å²) in [5.41, 5.74) is 2.12. The molecule has 0 aromatic heterocycles. The Kier molecular flexibility index (Phi) is 4.74. The molecule has 0 aliphatic heterocycles. The summed E-state index contributed by atoms with van der Waals surface area (Å²) in [5.74, 6) is -0.633. The van der Waals surface area contributed by atoms with E-state index in [2.05, 4.69) is 26.6 Å². The Balaban J connectivity index is 1.94. The fourth-order valence-electron chi connectivity index (χ4n) is 1.68. The van der Waals surface area contributed by atoms with Gasteiger partial charge in [-0.15, -0.1) is 0 Å². The largest absolute Gasteiger partial charge is 0.373 e. The summed E-state index contributed by atoms with van der Waals surface area (Å²) < 4.78 is 14.1. The lowest BCUT2D eigenvalue weighted by molar-refractivity contribution is -0.114. The van der Waals surface area contributed by atoms with E-state index in [4.69, 9.17) is 0 Å². The molecule has 0 bridgehead atoms. The highest BCUT2D eigenvalue weighted by Crippen LogP contribution is 2.24. The number of benzene rings is 2. The predicted molar refractivity (Wildman–Crippen MR) is 82.4 cm³/mol. The summed E-state index contributed by atoms with van der Waals surface area (Å²) in [7, 11) is 0. The van der Waals surface area contributed by atoms with Crippen LogP contribution in [0.3, 0.4) is 0 Å². The van der Waals surface area contributed by atoms with Gasteiger partial charge in [-0.3, -0.25) is 4.79 Å². The minimum atomic E-state index is -0.400. The third-order valence-electron chi connectivity index (χ3n) is 2.72. The molecule has 5 heteroatoms. The Labute approximate surface area is 125 Å². The van der Waals surface area contributed by atoms with E-state index in [1.54, 1.807) is 12.1 Å². The quantitative estimate of drug-likeness (QED) is 0.887. The van der Waals surface area contributed by atoms with Crippen LogP contribution in [0.5, 0.6) is 0 Å². The van der Waals surface area contributed by atoms with E-state index in [0.717, 1.165) is 11.3 Å². The first-order valence-electron chi connectivity index (χ1n) is 6.10. The summed E-state index contributed by atoms with van der Waals surface area (Å²) in [6.07, 6.45) is 0. The van der Waals surface area contributed by atoms with Gasteiger partial charge in [-0.1, -0.05) is 23.8 Å². The number of halogens is 2. The second-order valence-electron chi connectivity index (χ2n) is 4.36. The number of para-hydroxylation sites is 1. The molecule has 0 saturated heterocycles. The van der Waals surface area contributed by atoms with Crippen molar-refractivity contribution in [3.05, 3.63) is 58.3 Å². The lowest BCUT2D eigenvalue weighted by atomic mass is 10.2. The fraction of sp³-hybridized carbons (Fsp3) is 0.133. The maximum absolute atomic E-state index is 13.5. The van der Waals surface area contributed by atoms with Gasteiger partial charge in [0.2, 0.25) is 5.91 Å². The van der Waals surface area contributed by atoms with Gasteiger partial charge in [0.15, 0.2) is 0 Å².